The lowest BCUT2D eigenvalue weighted by Gasteiger charge is -2.40. The van der Waals surface area contributed by atoms with Crippen molar-refractivity contribution in [3.05, 3.63) is 60.2 Å². The highest BCUT2D eigenvalue weighted by Crippen LogP contribution is 2.56. The summed E-state index contributed by atoms with van der Waals surface area (Å²) in [5, 5.41) is 24.8. The predicted octanol–water partition coefficient (Wildman–Crippen LogP) is 2.99. The number of hydrogen-bond donors (Lipinski definition) is 2. The fourth-order valence-electron chi connectivity index (χ4n) is 6.09. The molecule has 3 unspecified atom stereocenters. The second-order valence-corrected chi connectivity index (χ2v) is 10.1. The number of morpholine rings is 1. The largest absolute Gasteiger partial charge is 0.385 e. The number of aromatic nitrogens is 5. The van der Waals surface area contributed by atoms with Gasteiger partial charge in [0.2, 0.25) is 0 Å². The van der Waals surface area contributed by atoms with Gasteiger partial charge in [-0.1, -0.05) is 6.07 Å². The van der Waals surface area contributed by atoms with Crippen molar-refractivity contribution in [1.29, 1.82) is 0 Å². The molecule has 2 saturated heterocycles. The number of aliphatic hydroxyl groups is 1. The molecule has 36 heavy (non-hydrogen) atoms. The van der Waals surface area contributed by atoms with E-state index in [0.29, 0.717) is 37.6 Å². The molecular weight excluding hydrogens is 461 g/mol. The molecule has 1 aliphatic carbocycles. The molecule has 3 aliphatic rings. The van der Waals surface area contributed by atoms with E-state index in [9.17, 15) is 9.50 Å². The number of anilines is 2. The molecule has 2 aliphatic heterocycles. The molecule has 4 atom stereocenters. The van der Waals surface area contributed by atoms with E-state index in [1.54, 1.807) is 29.2 Å². The average molecular weight is 490 g/mol. The van der Waals surface area contributed by atoms with E-state index in [1.165, 1.54) is 6.07 Å². The highest BCUT2D eigenvalue weighted by Gasteiger charge is 2.59. The number of nitrogens with one attached hydrogen (secondary N) is 1. The SMILES string of the molecule is C[C@@H]1COCCN1c1cc(C2(O)CCN(c3cccc(F)c3)C3CC32)c2cnn(-c3ccn[nH]3)c2n1. The standard InChI is InChI=1S/C26H28FN7O2/c1-16-15-36-10-9-32(16)24-13-20(19-14-29-34(25(19)30-24)23-5-7-28-31-23)26(35)6-8-33(22-12-21(22)26)18-4-2-3-17(27)11-18/h2-5,7,11,13-14,16,21-22,35H,6,8-10,12,15H2,1H3,(H,28,31)/t16-,21?,22?,26?/m1/s1. The Balaban J connectivity index is 1.33. The number of rotatable bonds is 4. The zero-order valence-corrected chi connectivity index (χ0v) is 20.0. The number of nitrogens with zero attached hydrogens (tertiary/aromatic N) is 6. The van der Waals surface area contributed by atoms with Crippen LogP contribution in [0.5, 0.6) is 0 Å². The van der Waals surface area contributed by atoms with Crippen LogP contribution in [-0.4, -0.2) is 68.5 Å². The molecule has 2 N–H and O–H groups in total. The summed E-state index contributed by atoms with van der Waals surface area (Å²) in [4.78, 5) is 9.50. The number of fused-ring (bicyclic) bond motifs is 2. The van der Waals surface area contributed by atoms with E-state index in [1.807, 2.05) is 12.1 Å². The number of piperidine rings is 1. The Morgan fingerprint density at radius 2 is 2.11 bits per heavy atom. The first-order valence-electron chi connectivity index (χ1n) is 12.5. The van der Waals surface area contributed by atoms with Crippen LogP contribution in [0.4, 0.5) is 15.9 Å². The fourth-order valence-corrected chi connectivity index (χ4v) is 6.09. The van der Waals surface area contributed by atoms with Crippen LogP contribution < -0.4 is 9.80 Å². The highest BCUT2D eigenvalue weighted by molar-refractivity contribution is 5.83. The normalized spacial score (nSPS) is 27.9. The first kappa shape index (κ1) is 21.8. The maximum absolute atomic E-state index is 13.9. The Labute approximate surface area is 207 Å². The van der Waals surface area contributed by atoms with Crippen molar-refractivity contribution in [2.75, 3.05) is 36.1 Å². The number of H-pyrrole nitrogens is 1. The van der Waals surface area contributed by atoms with Crippen molar-refractivity contribution >= 4 is 22.5 Å². The van der Waals surface area contributed by atoms with Gasteiger partial charge in [-0.15, -0.1) is 0 Å². The minimum Gasteiger partial charge on any atom is -0.385 e. The minimum atomic E-state index is -1.03. The number of pyridine rings is 1. The third-order valence-corrected chi connectivity index (χ3v) is 8.01. The second kappa shape index (κ2) is 8.01. The molecule has 9 nitrogen and oxygen atoms in total. The lowest BCUT2D eigenvalue weighted by atomic mass is 9.82. The maximum atomic E-state index is 13.9. The van der Waals surface area contributed by atoms with Gasteiger partial charge < -0.3 is 19.6 Å². The smallest absolute Gasteiger partial charge is 0.167 e. The molecule has 0 amide bonds. The van der Waals surface area contributed by atoms with Crippen LogP contribution in [0.2, 0.25) is 0 Å². The van der Waals surface area contributed by atoms with Gasteiger partial charge in [-0.05, 0) is 44.0 Å². The van der Waals surface area contributed by atoms with Gasteiger partial charge in [-0.2, -0.15) is 14.9 Å². The van der Waals surface area contributed by atoms with Crippen molar-refractivity contribution < 1.29 is 14.2 Å². The van der Waals surface area contributed by atoms with E-state index in [-0.39, 0.29) is 23.8 Å². The summed E-state index contributed by atoms with van der Waals surface area (Å²) in [7, 11) is 0. The molecule has 4 aromatic rings. The second-order valence-electron chi connectivity index (χ2n) is 10.1. The average Bonchev–Trinajstić information content (AvgIpc) is 3.31. The van der Waals surface area contributed by atoms with Crippen molar-refractivity contribution in [2.24, 2.45) is 5.92 Å². The van der Waals surface area contributed by atoms with Gasteiger partial charge in [0.25, 0.3) is 0 Å². The van der Waals surface area contributed by atoms with Crippen LogP contribution in [0.1, 0.15) is 25.3 Å². The monoisotopic (exact) mass is 489 g/mol. The van der Waals surface area contributed by atoms with Gasteiger partial charge in [-0.3, -0.25) is 5.10 Å². The molecule has 1 saturated carbocycles. The Kier molecular flexibility index (Phi) is 4.84. The van der Waals surface area contributed by atoms with Gasteiger partial charge in [0.1, 0.15) is 11.6 Å². The molecular formula is C26H28FN7O2. The molecule has 7 rings (SSSR count). The quantitative estimate of drug-likeness (QED) is 0.455. The van der Waals surface area contributed by atoms with E-state index in [2.05, 4.69) is 38.1 Å². The van der Waals surface area contributed by atoms with Crippen LogP contribution in [0.25, 0.3) is 16.9 Å². The zero-order valence-electron chi connectivity index (χ0n) is 20.0. The van der Waals surface area contributed by atoms with E-state index in [0.717, 1.165) is 35.4 Å². The summed E-state index contributed by atoms with van der Waals surface area (Å²) >= 11 is 0. The van der Waals surface area contributed by atoms with Crippen LogP contribution in [0.3, 0.4) is 0 Å². The third kappa shape index (κ3) is 3.31. The number of ether oxygens (including phenoxy) is 1. The minimum absolute atomic E-state index is 0.0468. The number of hydrogen-bond acceptors (Lipinski definition) is 7. The highest BCUT2D eigenvalue weighted by atomic mass is 19.1. The Morgan fingerprint density at radius 3 is 2.92 bits per heavy atom. The van der Waals surface area contributed by atoms with Crippen molar-refractivity contribution in [3.8, 4) is 5.82 Å². The summed E-state index contributed by atoms with van der Waals surface area (Å²) < 4.78 is 21.3. The lowest BCUT2D eigenvalue weighted by molar-refractivity contribution is -0.00318. The first-order chi connectivity index (χ1) is 17.5. The van der Waals surface area contributed by atoms with Crippen LogP contribution in [-0.2, 0) is 10.3 Å². The first-order valence-corrected chi connectivity index (χ1v) is 12.5. The summed E-state index contributed by atoms with van der Waals surface area (Å²) in [6.07, 6.45) is 4.87. The molecule has 3 fully saturated rings. The fraction of sp³-hybridized carbons (Fsp3) is 0.423. The predicted molar refractivity (Wildman–Crippen MR) is 133 cm³/mol. The van der Waals surface area contributed by atoms with E-state index < -0.39 is 5.60 Å². The summed E-state index contributed by atoms with van der Waals surface area (Å²) in [5.41, 5.74) is 1.39. The molecule has 5 heterocycles. The van der Waals surface area contributed by atoms with Gasteiger partial charge in [0.15, 0.2) is 11.5 Å². The maximum Gasteiger partial charge on any atom is 0.167 e. The molecule has 10 heteroatoms. The Hall–Kier alpha value is -3.50. The molecule has 186 valence electrons. The molecule has 0 radical (unpaired) electrons. The van der Waals surface area contributed by atoms with E-state index >= 15 is 0 Å². The van der Waals surface area contributed by atoms with Crippen molar-refractivity contribution in [3.63, 3.8) is 0 Å². The molecule has 3 aromatic heterocycles. The van der Waals surface area contributed by atoms with Gasteiger partial charge in [0, 0.05) is 47.8 Å². The Bertz CT molecular complexity index is 1420. The van der Waals surface area contributed by atoms with Gasteiger partial charge >= 0.3 is 0 Å². The lowest BCUT2D eigenvalue weighted by Crippen LogP contribution is -2.45. The van der Waals surface area contributed by atoms with E-state index in [4.69, 9.17) is 9.72 Å². The Morgan fingerprint density at radius 1 is 1.19 bits per heavy atom. The zero-order chi connectivity index (χ0) is 24.4. The third-order valence-electron chi connectivity index (χ3n) is 8.01. The topological polar surface area (TPSA) is 95.3 Å². The summed E-state index contributed by atoms with van der Waals surface area (Å²) in [5.74, 6) is 1.34. The van der Waals surface area contributed by atoms with Crippen LogP contribution in [0.15, 0.2) is 48.8 Å². The number of benzene rings is 1. The number of halogens is 1. The molecule has 1 aromatic carbocycles. The number of aromatic amines is 1. The van der Waals surface area contributed by atoms with Crippen molar-refractivity contribution in [2.45, 2.75) is 37.5 Å². The van der Waals surface area contributed by atoms with Gasteiger partial charge in [0.05, 0.1) is 37.3 Å². The molecule has 0 spiro atoms. The van der Waals surface area contributed by atoms with Crippen LogP contribution >= 0.6 is 0 Å². The van der Waals surface area contributed by atoms with Crippen molar-refractivity contribution in [1.82, 2.24) is 25.0 Å². The molecule has 0 bridgehead atoms. The summed E-state index contributed by atoms with van der Waals surface area (Å²) in [6, 6.07) is 11.0. The van der Waals surface area contributed by atoms with Crippen LogP contribution in [0, 0.1) is 11.7 Å². The summed E-state index contributed by atoms with van der Waals surface area (Å²) in [6.45, 7) is 4.77. The van der Waals surface area contributed by atoms with Gasteiger partial charge in [-0.25, -0.2) is 9.37 Å².